The third-order valence-electron chi connectivity index (χ3n) is 9.17. The van der Waals surface area contributed by atoms with Gasteiger partial charge in [0, 0.05) is 32.9 Å². The molecular formula is C43H27N3. The van der Waals surface area contributed by atoms with E-state index in [0.29, 0.717) is 5.56 Å². The lowest BCUT2D eigenvalue weighted by Gasteiger charge is -2.10. The quantitative estimate of drug-likeness (QED) is 0.202. The van der Waals surface area contributed by atoms with Gasteiger partial charge in [-0.15, -0.1) is 0 Å². The van der Waals surface area contributed by atoms with Gasteiger partial charge in [0.1, 0.15) is 0 Å². The molecule has 0 atom stereocenters. The number of hydrogen-bond acceptors (Lipinski definition) is 1. The summed E-state index contributed by atoms with van der Waals surface area (Å²) >= 11 is 0. The fourth-order valence-electron chi connectivity index (χ4n) is 6.98. The fraction of sp³-hybridized carbons (Fsp3) is 0. The van der Waals surface area contributed by atoms with Crippen LogP contribution in [0.25, 0.3) is 77.2 Å². The maximum Gasteiger partial charge on any atom is 0.0991 e. The van der Waals surface area contributed by atoms with E-state index in [9.17, 15) is 0 Å². The number of rotatable bonds is 4. The molecule has 0 saturated heterocycles. The molecule has 0 aliphatic rings. The lowest BCUT2D eigenvalue weighted by atomic mass is 10.0. The zero-order chi connectivity index (χ0) is 30.6. The summed E-state index contributed by atoms with van der Waals surface area (Å²) in [6, 6.07) is 60.3. The van der Waals surface area contributed by atoms with Gasteiger partial charge in [0.2, 0.25) is 0 Å². The van der Waals surface area contributed by atoms with Crippen molar-refractivity contribution >= 4 is 43.6 Å². The van der Waals surface area contributed by atoms with E-state index >= 15 is 0 Å². The van der Waals surface area contributed by atoms with Gasteiger partial charge in [0.05, 0.1) is 33.7 Å². The molecule has 0 saturated carbocycles. The second-order valence-electron chi connectivity index (χ2n) is 11.7. The highest BCUT2D eigenvalue weighted by molar-refractivity contribution is 6.12. The van der Waals surface area contributed by atoms with Crippen molar-refractivity contribution in [2.45, 2.75) is 0 Å². The van der Waals surface area contributed by atoms with Crippen LogP contribution in [-0.2, 0) is 0 Å². The number of benzene rings is 7. The normalized spacial score (nSPS) is 11.5. The molecule has 46 heavy (non-hydrogen) atoms. The van der Waals surface area contributed by atoms with Gasteiger partial charge >= 0.3 is 0 Å². The standard InChI is InChI=1S/C43H27N3/c44-28-29-14-16-30(17-15-29)31-18-22-35(23-19-31)46-41-13-7-5-11-37(41)39-27-33(21-25-43(39)46)32-20-24-42-38(26-32)36-10-4-6-12-40(36)45(42)34-8-2-1-3-9-34/h1-27H. The van der Waals surface area contributed by atoms with Crippen LogP contribution >= 0.6 is 0 Å². The summed E-state index contributed by atoms with van der Waals surface area (Å²) in [5.74, 6) is 0. The van der Waals surface area contributed by atoms with Crippen LogP contribution in [0.4, 0.5) is 0 Å². The molecule has 7 aromatic carbocycles. The first-order valence-electron chi connectivity index (χ1n) is 15.5. The first kappa shape index (κ1) is 26.1. The Morgan fingerprint density at radius 1 is 0.348 bits per heavy atom. The van der Waals surface area contributed by atoms with Crippen molar-refractivity contribution in [3.8, 4) is 39.7 Å². The lowest BCUT2D eigenvalue weighted by molar-refractivity contribution is 1.18. The first-order chi connectivity index (χ1) is 22.8. The first-order valence-corrected chi connectivity index (χ1v) is 15.5. The van der Waals surface area contributed by atoms with E-state index in [4.69, 9.17) is 5.26 Å². The Labute approximate surface area is 266 Å². The molecule has 3 heteroatoms. The average Bonchev–Trinajstić information content (AvgIpc) is 3.64. The topological polar surface area (TPSA) is 33.6 Å². The van der Waals surface area contributed by atoms with Gasteiger partial charge in [-0.1, -0.05) is 91.0 Å². The van der Waals surface area contributed by atoms with Crippen LogP contribution in [0, 0.1) is 11.3 Å². The largest absolute Gasteiger partial charge is 0.309 e. The number of nitrogens with zero attached hydrogens (tertiary/aromatic N) is 3. The minimum Gasteiger partial charge on any atom is -0.309 e. The molecular weight excluding hydrogens is 558 g/mol. The molecule has 0 unspecified atom stereocenters. The van der Waals surface area contributed by atoms with E-state index < -0.39 is 0 Å². The van der Waals surface area contributed by atoms with Crippen LogP contribution in [0.3, 0.4) is 0 Å². The Morgan fingerprint density at radius 2 is 0.761 bits per heavy atom. The third kappa shape index (κ3) is 4.05. The predicted molar refractivity (Wildman–Crippen MR) is 191 cm³/mol. The number of fused-ring (bicyclic) bond motifs is 6. The smallest absolute Gasteiger partial charge is 0.0991 e. The van der Waals surface area contributed by atoms with Gasteiger partial charge in [-0.2, -0.15) is 5.26 Å². The summed E-state index contributed by atoms with van der Waals surface area (Å²) < 4.78 is 4.71. The van der Waals surface area contributed by atoms with E-state index in [1.807, 2.05) is 24.3 Å². The molecule has 2 aromatic heterocycles. The van der Waals surface area contributed by atoms with Crippen LogP contribution in [-0.4, -0.2) is 9.13 Å². The minimum absolute atomic E-state index is 0.670. The Hall–Kier alpha value is -6.37. The van der Waals surface area contributed by atoms with Crippen molar-refractivity contribution in [3.63, 3.8) is 0 Å². The Bertz CT molecular complexity index is 2610. The summed E-state index contributed by atoms with van der Waals surface area (Å²) in [7, 11) is 0. The maximum atomic E-state index is 9.16. The zero-order valence-electron chi connectivity index (χ0n) is 24.9. The highest BCUT2D eigenvalue weighted by Gasteiger charge is 2.16. The molecule has 0 radical (unpaired) electrons. The monoisotopic (exact) mass is 585 g/mol. The predicted octanol–water partition coefficient (Wildman–Crippen LogP) is 11.1. The second kappa shape index (κ2) is 10.4. The Balaban J connectivity index is 1.17. The van der Waals surface area contributed by atoms with E-state index in [1.54, 1.807) is 0 Å². The summed E-state index contributed by atoms with van der Waals surface area (Å²) in [6.07, 6.45) is 0. The van der Waals surface area contributed by atoms with E-state index in [-0.39, 0.29) is 0 Å². The molecule has 9 rings (SSSR count). The van der Waals surface area contributed by atoms with Gasteiger partial charge in [-0.25, -0.2) is 0 Å². The van der Waals surface area contributed by atoms with Crippen LogP contribution in [0.15, 0.2) is 164 Å². The molecule has 2 heterocycles. The van der Waals surface area contributed by atoms with Crippen molar-refractivity contribution < 1.29 is 0 Å². The molecule has 9 aromatic rings. The van der Waals surface area contributed by atoms with Gasteiger partial charge < -0.3 is 9.13 Å². The highest BCUT2D eigenvalue weighted by atomic mass is 15.0. The molecule has 0 aliphatic carbocycles. The molecule has 0 N–H and O–H groups in total. The molecule has 0 amide bonds. The number of hydrogen-bond donors (Lipinski definition) is 0. The van der Waals surface area contributed by atoms with Crippen LogP contribution in [0.2, 0.25) is 0 Å². The molecule has 3 nitrogen and oxygen atoms in total. The van der Waals surface area contributed by atoms with Crippen LogP contribution < -0.4 is 0 Å². The minimum atomic E-state index is 0.670. The van der Waals surface area contributed by atoms with E-state index in [2.05, 4.69) is 155 Å². The van der Waals surface area contributed by atoms with Crippen molar-refractivity contribution in [1.29, 1.82) is 5.26 Å². The molecule has 0 aliphatic heterocycles. The van der Waals surface area contributed by atoms with Gasteiger partial charge in [-0.05, 0) is 95.1 Å². The summed E-state index contributed by atoms with van der Waals surface area (Å²) in [6.45, 7) is 0. The van der Waals surface area contributed by atoms with E-state index in [1.165, 1.54) is 60.4 Å². The second-order valence-corrected chi connectivity index (χ2v) is 11.7. The third-order valence-corrected chi connectivity index (χ3v) is 9.17. The van der Waals surface area contributed by atoms with Crippen molar-refractivity contribution in [3.05, 3.63) is 169 Å². The Morgan fingerprint density at radius 3 is 1.28 bits per heavy atom. The maximum absolute atomic E-state index is 9.16. The SMILES string of the molecule is N#Cc1ccc(-c2ccc(-n3c4ccccc4c4cc(-c5ccc6c(c5)c5ccccc5n6-c5ccccc5)ccc43)cc2)cc1. The lowest BCUT2D eigenvalue weighted by Crippen LogP contribution is -1.94. The van der Waals surface area contributed by atoms with Crippen molar-refractivity contribution in [1.82, 2.24) is 9.13 Å². The fourth-order valence-corrected chi connectivity index (χ4v) is 6.98. The van der Waals surface area contributed by atoms with Gasteiger partial charge in [0.25, 0.3) is 0 Å². The molecule has 214 valence electrons. The van der Waals surface area contributed by atoms with E-state index in [0.717, 1.165) is 16.8 Å². The molecule has 0 bridgehead atoms. The molecule has 0 fully saturated rings. The summed E-state index contributed by atoms with van der Waals surface area (Å²) in [5, 5.41) is 14.1. The van der Waals surface area contributed by atoms with Crippen LogP contribution in [0.5, 0.6) is 0 Å². The van der Waals surface area contributed by atoms with Crippen molar-refractivity contribution in [2.75, 3.05) is 0 Å². The zero-order valence-corrected chi connectivity index (χ0v) is 24.9. The highest BCUT2D eigenvalue weighted by Crippen LogP contribution is 2.38. The number of nitriles is 1. The summed E-state index contributed by atoms with van der Waals surface area (Å²) in [4.78, 5) is 0. The van der Waals surface area contributed by atoms with Gasteiger partial charge in [-0.3, -0.25) is 0 Å². The molecule has 0 spiro atoms. The Kier molecular flexibility index (Phi) is 5.88. The van der Waals surface area contributed by atoms with Crippen molar-refractivity contribution in [2.24, 2.45) is 0 Å². The van der Waals surface area contributed by atoms with Gasteiger partial charge in [0.15, 0.2) is 0 Å². The number of aromatic nitrogens is 2. The number of para-hydroxylation sites is 3. The van der Waals surface area contributed by atoms with Crippen LogP contribution in [0.1, 0.15) is 5.56 Å². The summed E-state index contributed by atoms with van der Waals surface area (Å²) in [5.41, 5.74) is 12.4. The average molecular weight is 586 g/mol.